The quantitative estimate of drug-likeness (QED) is 0.586. The number of hydrogen-bond donors (Lipinski definition) is 1. The highest BCUT2D eigenvalue weighted by molar-refractivity contribution is 5.82. The van der Waals surface area contributed by atoms with Crippen LogP contribution in [-0.4, -0.2) is 43.2 Å². The van der Waals surface area contributed by atoms with Crippen LogP contribution in [0.1, 0.15) is 74.6 Å². The number of hydrogen-bond acceptors (Lipinski definition) is 4. The molecule has 2 aliphatic heterocycles. The lowest BCUT2D eigenvalue weighted by atomic mass is 9.66. The van der Waals surface area contributed by atoms with Crippen molar-refractivity contribution in [1.29, 1.82) is 0 Å². The average Bonchev–Trinajstić information content (AvgIpc) is 3.30. The summed E-state index contributed by atoms with van der Waals surface area (Å²) in [5.74, 6) is 0.597. The Morgan fingerprint density at radius 1 is 1.20 bits per heavy atom. The number of carbonyl (C=O) groups excluding carboxylic acids is 1. The van der Waals surface area contributed by atoms with Crippen LogP contribution in [0, 0.1) is 5.82 Å². The van der Waals surface area contributed by atoms with Gasteiger partial charge in [0.2, 0.25) is 0 Å². The molecule has 3 fully saturated rings. The van der Waals surface area contributed by atoms with Crippen molar-refractivity contribution in [1.82, 2.24) is 10.2 Å². The summed E-state index contributed by atoms with van der Waals surface area (Å²) in [6.07, 6.45) is 6.69. The smallest absolute Gasteiger partial charge is 0.252 e. The number of benzene rings is 2. The van der Waals surface area contributed by atoms with E-state index in [1.807, 2.05) is 11.0 Å². The lowest BCUT2D eigenvalue weighted by Crippen LogP contribution is -2.43. The Morgan fingerprint density at radius 3 is 2.71 bits per heavy atom. The maximum atomic E-state index is 14.8. The molecule has 2 aromatic rings. The molecule has 1 amide bonds. The molecule has 35 heavy (non-hydrogen) atoms. The minimum atomic E-state index is -0.420. The van der Waals surface area contributed by atoms with Crippen LogP contribution in [0.5, 0.6) is 5.75 Å². The van der Waals surface area contributed by atoms with E-state index in [0.29, 0.717) is 31.7 Å². The fraction of sp³-hybridized carbons (Fsp3) is 0.552. The highest BCUT2D eigenvalue weighted by Crippen LogP contribution is 2.44. The third-order valence-electron chi connectivity index (χ3n) is 8.32. The van der Waals surface area contributed by atoms with Crippen molar-refractivity contribution < 1.29 is 18.7 Å². The molecular weight excluding hydrogens is 443 g/mol. The molecule has 3 atom stereocenters. The first-order valence-electron chi connectivity index (χ1n) is 13.1. The van der Waals surface area contributed by atoms with Crippen molar-refractivity contribution in [2.75, 3.05) is 20.3 Å². The van der Waals surface area contributed by atoms with Gasteiger partial charge < -0.3 is 19.7 Å². The van der Waals surface area contributed by atoms with E-state index >= 15 is 0 Å². The molecule has 2 heterocycles. The molecule has 0 spiro atoms. The van der Waals surface area contributed by atoms with Crippen LogP contribution in [0.3, 0.4) is 0 Å². The number of nitrogens with one attached hydrogen (secondary N) is 1. The predicted octanol–water partition coefficient (Wildman–Crippen LogP) is 5.28. The van der Waals surface area contributed by atoms with Gasteiger partial charge in [-0.25, -0.2) is 4.39 Å². The fourth-order valence-electron chi connectivity index (χ4n) is 5.93. The topological polar surface area (TPSA) is 50.8 Å². The number of amides is 1. The summed E-state index contributed by atoms with van der Waals surface area (Å²) in [7, 11) is 1.71. The first kappa shape index (κ1) is 24.3. The number of likely N-dealkylation sites (tertiary alicyclic amines) is 1. The van der Waals surface area contributed by atoms with Crippen LogP contribution < -0.4 is 10.1 Å². The maximum Gasteiger partial charge on any atom is 0.252 e. The summed E-state index contributed by atoms with van der Waals surface area (Å²) in [6, 6.07) is 13.1. The number of ether oxygens (including phenoxy) is 2. The number of nitrogens with zero attached hydrogens (tertiary/aromatic N) is 1. The number of methoxy groups -OCH3 is 1. The van der Waals surface area contributed by atoms with E-state index in [2.05, 4.69) is 30.4 Å². The molecule has 1 saturated carbocycles. The lowest BCUT2D eigenvalue weighted by molar-refractivity contribution is -0.147. The minimum absolute atomic E-state index is 0.0141. The summed E-state index contributed by atoms with van der Waals surface area (Å²) in [5.41, 5.74) is 3.33. The summed E-state index contributed by atoms with van der Waals surface area (Å²) in [4.78, 5) is 15.3. The zero-order valence-corrected chi connectivity index (χ0v) is 20.9. The highest BCUT2D eigenvalue weighted by Gasteiger charge is 2.40. The Kier molecular flexibility index (Phi) is 7.12. The van der Waals surface area contributed by atoms with Gasteiger partial charge >= 0.3 is 0 Å². The standard InChI is InChI=1S/C29H37FN2O3/c1-29(13-7-14-29)21-11-12-26(34-2)20(16-21)18-31-22-17-25(23-8-3-4-9-24(23)30)32(19-22)28(33)27-10-5-6-15-35-27/h3-4,8-9,11-12,16,22,25,27,31H,5-7,10,13-15,17-19H2,1-2H3/t22?,25?,27-/m0/s1. The molecule has 2 unspecified atom stereocenters. The molecule has 2 saturated heterocycles. The molecule has 5 rings (SSSR count). The van der Waals surface area contributed by atoms with Crippen molar-refractivity contribution in [2.24, 2.45) is 0 Å². The second-order valence-electron chi connectivity index (χ2n) is 10.6. The monoisotopic (exact) mass is 480 g/mol. The summed E-state index contributed by atoms with van der Waals surface area (Å²) >= 11 is 0. The first-order valence-corrected chi connectivity index (χ1v) is 13.1. The van der Waals surface area contributed by atoms with E-state index in [0.717, 1.165) is 30.6 Å². The van der Waals surface area contributed by atoms with Crippen molar-refractivity contribution >= 4 is 5.91 Å². The van der Waals surface area contributed by atoms with Gasteiger partial charge in [0.25, 0.3) is 5.91 Å². The van der Waals surface area contributed by atoms with E-state index in [9.17, 15) is 9.18 Å². The average molecular weight is 481 g/mol. The minimum Gasteiger partial charge on any atom is -0.496 e. The molecule has 5 nitrogen and oxygen atoms in total. The zero-order chi connectivity index (χ0) is 24.4. The summed E-state index contributed by atoms with van der Waals surface area (Å²) in [5, 5.41) is 3.66. The van der Waals surface area contributed by atoms with E-state index < -0.39 is 6.10 Å². The van der Waals surface area contributed by atoms with E-state index in [1.54, 1.807) is 19.2 Å². The van der Waals surface area contributed by atoms with Crippen LogP contribution in [0.2, 0.25) is 0 Å². The van der Waals surface area contributed by atoms with Gasteiger partial charge in [0.05, 0.1) is 13.2 Å². The number of rotatable bonds is 7. The Morgan fingerprint density at radius 2 is 2.03 bits per heavy atom. The molecular formula is C29H37FN2O3. The van der Waals surface area contributed by atoms with Gasteiger partial charge in [0.15, 0.2) is 0 Å². The molecule has 6 heteroatoms. The summed E-state index contributed by atoms with van der Waals surface area (Å²) in [6.45, 7) is 4.13. The lowest BCUT2D eigenvalue weighted by Gasteiger charge is -2.39. The zero-order valence-electron chi connectivity index (χ0n) is 20.9. The highest BCUT2D eigenvalue weighted by atomic mass is 19.1. The fourth-order valence-corrected chi connectivity index (χ4v) is 5.93. The Bertz CT molecular complexity index is 1050. The van der Waals surface area contributed by atoms with Crippen molar-refractivity contribution in [3.63, 3.8) is 0 Å². The van der Waals surface area contributed by atoms with Crippen LogP contribution >= 0.6 is 0 Å². The first-order chi connectivity index (χ1) is 17.0. The van der Waals surface area contributed by atoms with Crippen molar-refractivity contribution in [3.05, 3.63) is 65.0 Å². The van der Waals surface area contributed by atoms with Crippen LogP contribution in [-0.2, 0) is 21.5 Å². The van der Waals surface area contributed by atoms with E-state index in [4.69, 9.17) is 9.47 Å². The van der Waals surface area contributed by atoms with Crippen LogP contribution in [0.25, 0.3) is 0 Å². The SMILES string of the molecule is COc1ccc(C2(C)CCC2)cc1CNC1CC(c2ccccc2F)N(C(=O)[C@@H]2CCCCO2)C1. The molecule has 188 valence electrons. The molecule has 0 aromatic heterocycles. The van der Waals surface area contributed by atoms with Gasteiger partial charge in [0, 0.05) is 36.9 Å². The number of carbonyl (C=O) groups is 1. The largest absolute Gasteiger partial charge is 0.496 e. The predicted molar refractivity (Wildman–Crippen MR) is 134 cm³/mol. The number of halogens is 1. The van der Waals surface area contributed by atoms with Gasteiger partial charge in [-0.1, -0.05) is 43.7 Å². The van der Waals surface area contributed by atoms with Gasteiger partial charge in [-0.3, -0.25) is 4.79 Å². The van der Waals surface area contributed by atoms with E-state index in [-0.39, 0.29) is 29.2 Å². The van der Waals surface area contributed by atoms with Gasteiger partial charge in [0.1, 0.15) is 17.7 Å². The third-order valence-corrected chi connectivity index (χ3v) is 8.32. The second kappa shape index (κ2) is 10.3. The van der Waals surface area contributed by atoms with Gasteiger partial charge in [-0.05, 0) is 61.6 Å². The molecule has 0 radical (unpaired) electrons. The van der Waals surface area contributed by atoms with Gasteiger partial charge in [-0.2, -0.15) is 0 Å². The third kappa shape index (κ3) is 4.96. The van der Waals surface area contributed by atoms with Crippen molar-refractivity contribution in [2.45, 2.75) is 82.0 Å². The molecule has 2 aromatic carbocycles. The van der Waals surface area contributed by atoms with Crippen LogP contribution in [0.4, 0.5) is 4.39 Å². The second-order valence-corrected chi connectivity index (χ2v) is 10.6. The molecule has 0 bridgehead atoms. The Labute approximate surface area is 208 Å². The molecule has 1 aliphatic carbocycles. The molecule has 1 N–H and O–H groups in total. The van der Waals surface area contributed by atoms with Crippen molar-refractivity contribution in [3.8, 4) is 5.75 Å². The van der Waals surface area contributed by atoms with Crippen LogP contribution in [0.15, 0.2) is 42.5 Å². The molecule has 3 aliphatic rings. The maximum absolute atomic E-state index is 14.8. The normalized spacial score (nSPS) is 25.8. The summed E-state index contributed by atoms with van der Waals surface area (Å²) < 4.78 is 26.2. The van der Waals surface area contributed by atoms with Gasteiger partial charge in [-0.15, -0.1) is 0 Å². The Balaban J connectivity index is 1.34. The van der Waals surface area contributed by atoms with E-state index in [1.165, 1.54) is 30.9 Å². The Hall–Kier alpha value is -2.44.